The highest BCUT2D eigenvalue weighted by Gasteiger charge is 2.11. The van der Waals surface area contributed by atoms with Gasteiger partial charge >= 0.3 is 0 Å². The van der Waals surface area contributed by atoms with E-state index >= 15 is 0 Å². The van der Waals surface area contributed by atoms with Crippen LogP contribution >= 0.6 is 0 Å². The van der Waals surface area contributed by atoms with Crippen molar-refractivity contribution in [2.45, 2.75) is 6.92 Å². The van der Waals surface area contributed by atoms with Crippen molar-refractivity contribution in [1.82, 2.24) is 5.16 Å². The number of benzene rings is 1. The fraction of sp³-hybridized carbons (Fsp3) is 0.111. The number of aromatic nitrogens is 1. The Labute approximate surface area is 78.6 Å². The van der Waals surface area contributed by atoms with Crippen molar-refractivity contribution >= 4 is 16.7 Å². The Hall–Kier alpha value is -1.91. The summed E-state index contributed by atoms with van der Waals surface area (Å²) in [5.41, 5.74) is 1.08. The second kappa shape index (κ2) is 3.10. The normalized spacial score (nSPS) is 12.3. The predicted molar refractivity (Wildman–Crippen MR) is 48.0 cm³/mol. The van der Waals surface area contributed by atoms with Crippen LogP contribution < -0.4 is 0 Å². The van der Waals surface area contributed by atoms with Gasteiger partial charge in [-0.3, -0.25) is 0 Å². The summed E-state index contributed by atoms with van der Waals surface area (Å²) in [5.74, 6) is -0.390. The van der Waals surface area contributed by atoms with Crippen LogP contribution in [0, 0.1) is 5.82 Å². The van der Waals surface area contributed by atoms with Crippen molar-refractivity contribution in [3.05, 3.63) is 29.7 Å². The lowest BCUT2D eigenvalue weighted by Gasteiger charge is -1.91. The van der Waals surface area contributed by atoms with Gasteiger partial charge in [0.25, 0.3) is 0 Å². The summed E-state index contributed by atoms with van der Waals surface area (Å²) in [6.45, 7) is 1.58. The Morgan fingerprint density at radius 1 is 1.57 bits per heavy atom. The van der Waals surface area contributed by atoms with Crippen LogP contribution in [-0.2, 0) is 0 Å². The van der Waals surface area contributed by atoms with Crippen LogP contribution in [0.4, 0.5) is 4.39 Å². The van der Waals surface area contributed by atoms with Crippen LogP contribution in [-0.4, -0.2) is 16.1 Å². The van der Waals surface area contributed by atoms with Crippen molar-refractivity contribution in [3.8, 4) is 0 Å². The summed E-state index contributed by atoms with van der Waals surface area (Å²) in [7, 11) is 0. The first-order valence-electron chi connectivity index (χ1n) is 3.96. The molecule has 0 radical (unpaired) electrons. The first-order chi connectivity index (χ1) is 6.72. The van der Waals surface area contributed by atoms with E-state index in [4.69, 9.17) is 9.73 Å². The molecular weight excluding hydrogens is 187 g/mol. The Bertz CT molecular complexity index is 504. The Morgan fingerprint density at radius 2 is 2.36 bits per heavy atom. The van der Waals surface area contributed by atoms with Crippen LogP contribution in [0.5, 0.6) is 0 Å². The Kier molecular flexibility index (Phi) is 1.92. The molecule has 1 aromatic heterocycles. The highest BCUT2D eigenvalue weighted by Crippen LogP contribution is 2.19. The molecule has 0 saturated carbocycles. The second-order valence-electron chi connectivity index (χ2n) is 2.86. The van der Waals surface area contributed by atoms with Crippen LogP contribution in [0.3, 0.4) is 0 Å². The van der Waals surface area contributed by atoms with Crippen molar-refractivity contribution < 1.29 is 14.1 Å². The SMILES string of the molecule is C/C(=N\O)c1noc2cc(F)ccc12. The third-order valence-electron chi connectivity index (χ3n) is 1.93. The Balaban J connectivity index is 2.70. The first kappa shape index (κ1) is 8.68. The molecule has 0 fully saturated rings. The summed E-state index contributed by atoms with van der Waals surface area (Å²) in [4.78, 5) is 0. The number of hydrogen-bond donors (Lipinski definition) is 1. The average molecular weight is 194 g/mol. The molecule has 0 saturated heterocycles. The summed E-state index contributed by atoms with van der Waals surface area (Å²) in [6.07, 6.45) is 0. The fourth-order valence-corrected chi connectivity index (χ4v) is 1.22. The molecule has 14 heavy (non-hydrogen) atoms. The van der Waals surface area contributed by atoms with Crippen molar-refractivity contribution in [2.75, 3.05) is 0 Å². The maximum atomic E-state index is 12.8. The first-order valence-corrected chi connectivity index (χ1v) is 3.96. The van der Waals surface area contributed by atoms with Gasteiger partial charge in [0.2, 0.25) is 0 Å². The van der Waals surface area contributed by atoms with Gasteiger partial charge in [-0.1, -0.05) is 10.3 Å². The van der Waals surface area contributed by atoms with Gasteiger partial charge in [-0.15, -0.1) is 0 Å². The van der Waals surface area contributed by atoms with Crippen LogP contribution in [0.1, 0.15) is 12.6 Å². The van der Waals surface area contributed by atoms with Gasteiger partial charge in [0.05, 0.1) is 5.39 Å². The van der Waals surface area contributed by atoms with E-state index < -0.39 is 5.82 Å². The zero-order chi connectivity index (χ0) is 10.1. The molecule has 1 aromatic carbocycles. The molecule has 5 heteroatoms. The van der Waals surface area contributed by atoms with E-state index in [0.29, 0.717) is 22.4 Å². The lowest BCUT2D eigenvalue weighted by molar-refractivity contribution is 0.318. The smallest absolute Gasteiger partial charge is 0.170 e. The summed E-state index contributed by atoms with van der Waals surface area (Å²) >= 11 is 0. The molecule has 0 aliphatic heterocycles. The van der Waals surface area contributed by atoms with Gasteiger partial charge in [0, 0.05) is 6.07 Å². The molecule has 0 aliphatic carbocycles. The molecule has 1 N–H and O–H groups in total. The number of rotatable bonds is 1. The van der Waals surface area contributed by atoms with Gasteiger partial charge in [-0.25, -0.2) is 4.39 Å². The molecule has 0 unspecified atom stereocenters. The van der Waals surface area contributed by atoms with E-state index in [9.17, 15) is 4.39 Å². The van der Waals surface area contributed by atoms with E-state index in [1.165, 1.54) is 18.2 Å². The number of halogens is 1. The van der Waals surface area contributed by atoms with Crippen molar-refractivity contribution in [3.63, 3.8) is 0 Å². The molecule has 0 spiro atoms. The fourth-order valence-electron chi connectivity index (χ4n) is 1.22. The van der Waals surface area contributed by atoms with Crippen molar-refractivity contribution in [1.29, 1.82) is 0 Å². The molecule has 0 amide bonds. The van der Waals surface area contributed by atoms with E-state index in [1.807, 2.05) is 0 Å². The van der Waals surface area contributed by atoms with Gasteiger partial charge in [-0.2, -0.15) is 0 Å². The zero-order valence-electron chi connectivity index (χ0n) is 7.36. The molecule has 0 aliphatic rings. The van der Waals surface area contributed by atoms with Gasteiger partial charge in [-0.05, 0) is 19.1 Å². The van der Waals surface area contributed by atoms with Gasteiger partial charge in [0.15, 0.2) is 5.58 Å². The third-order valence-corrected chi connectivity index (χ3v) is 1.93. The van der Waals surface area contributed by atoms with E-state index in [0.717, 1.165) is 0 Å². The second-order valence-corrected chi connectivity index (χ2v) is 2.86. The van der Waals surface area contributed by atoms with Crippen molar-refractivity contribution in [2.24, 2.45) is 5.16 Å². The summed E-state index contributed by atoms with van der Waals surface area (Å²) in [5, 5.41) is 15.9. The minimum absolute atomic E-state index is 0.329. The van der Waals surface area contributed by atoms with Gasteiger partial charge < -0.3 is 9.73 Å². The van der Waals surface area contributed by atoms with Crippen LogP contribution in [0.2, 0.25) is 0 Å². The summed E-state index contributed by atoms with van der Waals surface area (Å²) in [6, 6.07) is 4.06. The largest absolute Gasteiger partial charge is 0.411 e. The third kappa shape index (κ3) is 1.22. The van der Waals surface area contributed by atoms with E-state index in [1.54, 1.807) is 6.92 Å². The molecular formula is C9H7FN2O2. The minimum atomic E-state index is -0.390. The quantitative estimate of drug-likeness (QED) is 0.430. The molecule has 2 aromatic rings. The highest BCUT2D eigenvalue weighted by atomic mass is 19.1. The standard InChI is InChI=1S/C9H7FN2O2/c1-5(11-13)9-7-3-2-6(10)4-8(7)14-12-9/h2-4,13H,1H3/b11-5+. The number of nitrogens with zero attached hydrogens (tertiary/aromatic N) is 2. The lowest BCUT2D eigenvalue weighted by atomic mass is 10.1. The molecule has 1 heterocycles. The minimum Gasteiger partial charge on any atom is -0.411 e. The van der Waals surface area contributed by atoms with E-state index in [-0.39, 0.29) is 0 Å². The maximum absolute atomic E-state index is 12.8. The topological polar surface area (TPSA) is 58.6 Å². The monoisotopic (exact) mass is 194 g/mol. The predicted octanol–water partition coefficient (Wildman–Crippen LogP) is 2.17. The lowest BCUT2D eigenvalue weighted by Crippen LogP contribution is -1.94. The Morgan fingerprint density at radius 3 is 3.07 bits per heavy atom. The molecule has 0 atom stereocenters. The number of hydrogen-bond acceptors (Lipinski definition) is 4. The number of oxime groups is 1. The van der Waals surface area contributed by atoms with Crippen LogP contribution in [0.25, 0.3) is 11.0 Å². The van der Waals surface area contributed by atoms with Crippen LogP contribution in [0.15, 0.2) is 27.9 Å². The molecule has 72 valence electrons. The number of fused-ring (bicyclic) bond motifs is 1. The maximum Gasteiger partial charge on any atom is 0.170 e. The van der Waals surface area contributed by atoms with Gasteiger partial charge in [0.1, 0.15) is 17.2 Å². The molecule has 4 nitrogen and oxygen atoms in total. The molecule has 0 bridgehead atoms. The zero-order valence-corrected chi connectivity index (χ0v) is 7.36. The molecule has 2 rings (SSSR count). The average Bonchev–Trinajstić information content (AvgIpc) is 2.59. The highest BCUT2D eigenvalue weighted by molar-refractivity contribution is 6.06. The summed E-state index contributed by atoms with van der Waals surface area (Å²) < 4.78 is 17.6. The van der Waals surface area contributed by atoms with E-state index in [2.05, 4.69) is 10.3 Å².